The van der Waals surface area contributed by atoms with Gasteiger partial charge in [-0.1, -0.05) is 30.3 Å². The van der Waals surface area contributed by atoms with Gasteiger partial charge in [0.15, 0.2) is 6.67 Å². The molecule has 0 aliphatic carbocycles. The highest BCUT2D eigenvalue weighted by Crippen LogP contribution is 2.31. The highest BCUT2D eigenvalue weighted by molar-refractivity contribution is 6.07. The largest absolute Gasteiger partial charge is 0.497 e. The van der Waals surface area contributed by atoms with Gasteiger partial charge < -0.3 is 15.0 Å². The lowest BCUT2D eigenvalue weighted by Gasteiger charge is -2.24. The summed E-state index contributed by atoms with van der Waals surface area (Å²) in [4.78, 5) is 28.1. The van der Waals surface area contributed by atoms with E-state index in [1.54, 1.807) is 20.1 Å². The maximum absolute atomic E-state index is 13.4. The first kappa shape index (κ1) is 20.8. The van der Waals surface area contributed by atoms with Gasteiger partial charge in [-0.25, -0.2) is 14.1 Å². The number of nitrogens with zero attached hydrogens (tertiary/aromatic N) is 1. The number of carbonyl (C=O) groups excluding carboxylic acids is 2. The average Bonchev–Trinajstić information content (AvgIpc) is 2.96. The minimum atomic E-state index is -1.15. The van der Waals surface area contributed by atoms with Crippen LogP contribution in [0.5, 0.6) is 5.75 Å². The number of imide groups is 1. The number of ether oxygens (including phenoxy) is 1. The zero-order valence-electron chi connectivity index (χ0n) is 17.7. The van der Waals surface area contributed by atoms with Crippen LogP contribution in [0.1, 0.15) is 18.1 Å². The lowest BCUT2D eigenvalue weighted by atomic mass is 9.90. The van der Waals surface area contributed by atoms with Gasteiger partial charge in [0.05, 0.1) is 14.2 Å². The van der Waals surface area contributed by atoms with Crippen LogP contribution in [0.25, 0.3) is 10.8 Å². The molecule has 1 heterocycles. The molecule has 1 aliphatic heterocycles. The Labute approximate surface area is 180 Å². The summed E-state index contributed by atoms with van der Waals surface area (Å²) in [6, 6.07) is 17.3. The number of methoxy groups -OCH3 is 1. The molecule has 31 heavy (non-hydrogen) atoms. The molecule has 1 aliphatic rings. The molecule has 7 heteroatoms. The molecule has 1 unspecified atom stereocenters. The Hall–Kier alpha value is -3.45. The SMILES string of the molecule is COc1ccc2cc([C@]3(C)NC(=O)N(C[NH+](C)Cc4cccc(F)c4)C3=O)ccc2c1. The van der Waals surface area contributed by atoms with Crippen LogP contribution in [-0.2, 0) is 16.9 Å². The first-order valence-electron chi connectivity index (χ1n) is 10.1. The highest BCUT2D eigenvalue weighted by Gasteiger charge is 2.50. The number of quaternary nitrogens is 1. The third-order valence-corrected chi connectivity index (χ3v) is 5.72. The van der Waals surface area contributed by atoms with Gasteiger partial charge >= 0.3 is 6.03 Å². The smallest absolute Gasteiger partial charge is 0.329 e. The molecule has 3 aromatic rings. The van der Waals surface area contributed by atoms with E-state index >= 15 is 0 Å². The van der Waals surface area contributed by atoms with E-state index in [1.807, 2.05) is 49.5 Å². The number of benzene rings is 3. The zero-order chi connectivity index (χ0) is 22.2. The second-order valence-electron chi connectivity index (χ2n) is 8.14. The van der Waals surface area contributed by atoms with Gasteiger partial charge in [0, 0.05) is 5.56 Å². The Balaban J connectivity index is 1.54. The maximum Gasteiger partial charge on any atom is 0.329 e. The minimum Gasteiger partial charge on any atom is -0.497 e. The molecule has 0 aromatic heterocycles. The monoisotopic (exact) mass is 422 g/mol. The van der Waals surface area contributed by atoms with E-state index in [2.05, 4.69) is 5.32 Å². The molecule has 160 valence electrons. The first-order valence-corrected chi connectivity index (χ1v) is 10.1. The predicted octanol–water partition coefficient (Wildman–Crippen LogP) is 2.43. The van der Waals surface area contributed by atoms with Gasteiger partial charge in [0.25, 0.3) is 5.91 Å². The Morgan fingerprint density at radius 1 is 1.06 bits per heavy atom. The van der Waals surface area contributed by atoms with Crippen molar-refractivity contribution in [3.05, 3.63) is 77.6 Å². The van der Waals surface area contributed by atoms with Gasteiger partial charge in [0.2, 0.25) is 0 Å². The second kappa shape index (κ2) is 8.00. The molecule has 0 saturated carbocycles. The van der Waals surface area contributed by atoms with E-state index in [4.69, 9.17) is 4.74 Å². The maximum atomic E-state index is 13.4. The topological polar surface area (TPSA) is 63.1 Å². The van der Waals surface area contributed by atoms with E-state index < -0.39 is 11.6 Å². The predicted molar refractivity (Wildman–Crippen MR) is 115 cm³/mol. The number of halogens is 1. The summed E-state index contributed by atoms with van der Waals surface area (Å²) in [6.45, 7) is 2.39. The number of rotatable bonds is 6. The van der Waals surface area contributed by atoms with E-state index in [9.17, 15) is 14.0 Å². The number of carbonyl (C=O) groups is 2. The van der Waals surface area contributed by atoms with E-state index in [0.29, 0.717) is 12.1 Å². The lowest BCUT2D eigenvalue weighted by molar-refractivity contribution is -0.901. The quantitative estimate of drug-likeness (QED) is 0.600. The molecule has 2 atom stereocenters. The summed E-state index contributed by atoms with van der Waals surface area (Å²) in [5.74, 6) is 0.151. The molecule has 1 fully saturated rings. The van der Waals surface area contributed by atoms with Crippen molar-refractivity contribution >= 4 is 22.7 Å². The second-order valence-corrected chi connectivity index (χ2v) is 8.14. The molecule has 4 rings (SSSR count). The van der Waals surface area contributed by atoms with Crippen LogP contribution in [0.2, 0.25) is 0 Å². The average molecular weight is 422 g/mol. The van der Waals surface area contributed by atoms with Crippen LogP contribution in [0.15, 0.2) is 60.7 Å². The summed E-state index contributed by atoms with van der Waals surface area (Å²) < 4.78 is 18.7. The van der Waals surface area contributed by atoms with Crippen molar-refractivity contribution in [1.82, 2.24) is 10.2 Å². The van der Waals surface area contributed by atoms with Crippen molar-refractivity contribution in [2.45, 2.75) is 19.0 Å². The van der Waals surface area contributed by atoms with E-state index in [0.717, 1.165) is 27.0 Å². The first-order chi connectivity index (χ1) is 14.8. The Morgan fingerprint density at radius 2 is 1.81 bits per heavy atom. The van der Waals surface area contributed by atoms with Crippen LogP contribution in [0.3, 0.4) is 0 Å². The summed E-state index contributed by atoms with van der Waals surface area (Å²) >= 11 is 0. The van der Waals surface area contributed by atoms with Crippen LogP contribution in [0.4, 0.5) is 9.18 Å². The van der Waals surface area contributed by atoms with Crippen molar-refractivity contribution in [1.29, 1.82) is 0 Å². The van der Waals surface area contributed by atoms with Crippen molar-refractivity contribution < 1.29 is 23.6 Å². The summed E-state index contributed by atoms with van der Waals surface area (Å²) in [5.41, 5.74) is 0.371. The van der Waals surface area contributed by atoms with Gasteiger partial charge in [-0.05, 0) is 53.6 Å². The summed E-state index contributed by atoms with van der Waals surface area (Å²) in [7, 11) is 3.48. The van der Waals surface area contributed by atoms with Gasteiger partial charge in [-0.15, -0.1) is 0 Å². The Kier molecular flexibility index (Phi) is 5.37. The number of fused-ring (bicyclic) bond motifs is 1. The fourth-order valence-corrected chi connectivity index (χ4v) is 4.02. The van der Waals surface area contributed by atoms with Crippen LogP contribution in [0, 0.1) is 5.82 Å². The molecule has 0 radical (unpaired) electrons. The number of amides is 3. The summed E-state index contributed by atoms with van der Waals surface area (Å²) in [6.07, 6.45) is 0. The van der Waals surface area contributed by atoms with Crippen LogP contribution < -0.4 is 15.0 Å². The molecule has 0 spiro atoms. The molecule has 3 amide bonds. The molecule has 6 nitrogen and oxygen atoms in total. The van der Waals surface area contributed by atoms with Gasteiger partial charge in [-0.2, -0.15) is 0 Å². The number of urea groups is 1. The fourth-order valence-electron chi connectivity index (χ4n) is 4.02. The van der Waals surface area contributed by atoms with Crippen molar-refractivity contribution in [2.75, 3.05) is 20.8 Å². The van der Waals surface area contributed by atoms with Gasteiger partial charge in [-0.3, -0.25) is 4.79 Å². The molecular formula is C24H25FN3O3+. The van der Waals surface area contributed by atoms with E-state index in [-0.39, 0.29) is 18.4 Å². The number of hydrogen-bond donors (Lipinski definition) is 2. The normalized spacial score (nSPS) is 19.5. The third-order valence-electron chi connectivity index (χ3n) is 5.72. The summed E-state index contributed by atoms with van der Waals surface area (Å²) in [5, 5.41) is 4.79. The molecular weight excluding hydrogens is 397 g/mol. The van der Waals surface area contributed by atoms with Crippen LogP contribution >= 0.6 is 0 Å². The standard InChI is InChI=1S/C24H24FN3O3/c1-24(19-9-7-18-13-21(31-3)10-8-17(18)12-19)22(29)28(23(30)26-24)15-27(2)14-16-5-4-6-20(25)11-16/h4-13H,14-15H2,1-3H3,(H,26,30)/p+1/t24-/m0/s1. The fraction of sp³-hybridized carbons (Fsp3) is 0.250. The third kappa shape index (κ3) is 3.96. The zero-order valence-corrected chi connectivity index (χ0v) is 17.7. The van der Waals surface area contributed by atoms with Crippen molar-refractivity contribution in [3.8, 4) is 5.75 Å². The molecule has 1 saturated heterocycles. The number of nitrogens with one attached hydrogen (secondary N) is 2. The number of hydrogen-bond acceptors (Lipinski definition) is 3. The van der Waals surface area contributed by atoms with Crippen molar-refractivity contribution in [2.24, 2.45) is 0 Å². The van der Waals surface area contributed by atoms with E-state index in [1.165, 1.54) is 17.0 Å². The van der Waals surface area contributed by atoms with Crippen molar-refractivity contribution in [3.63, 3.8) is 0 Å². The minimum absolute atomic E-state index is 0.182. The molecule has 3 aromatic carbocycles. The highest BCUT2D eigenvalue weighted by atomic mass is 19.1. The Bertz CT molecular complexity index is 1170. The van der Waals surface area contributed by atoms with Gasteiger partial charge in [0.1, 0.15) is 23.7 Å². The molecule has 0 bridgehead atoms. The molecule has 2 N–H and O–H groups in total. The Morgan fingerprint density at radius 3 is 2.55 bits per heavy atom. The van der Waals surface area contributed by atoms with Crippen LogP contribution in [-0.4, -0.2) is 37.7 Å². The lowest BCUT2D eigenvalue weighted by Crippen LogP contribution is -3.09.